The van der Waals surface area contributed by atoms with Gasteiger partial charge in [0.05, 0.1) is 24.9 Å². The molecule has 0 saturated carbocycles. The number of aromatic carboxylic acids is 1. The third-order valence-electron chi connectivity index (χ3n) is 5.58. The van der Waals surface area contributed by atoms with Crippen LogP contribution in [-0.2, 0) is 11.3 Å². The molecule has 1 heterocycles. The second-order valence-electron chi connectivity index (χ2n) is 9.38. The number of rotatable bonds is 7. The molecule has 1 aromatic heterocycles. The summed E-state index contributed by atoms with van der Waals surface area (Å²) in [7, 11) is 1.61. The smallest absolute Gasteiger partial charge is 0.415 e. The molecule has 3 rings (SSSR count). The number of thioether (sulfide) groups is 1. The fourth-order valence-electron chi connectivity index (χ4n) is 3.89. The number of aromatic nitrogens is 1. The number of pyridine rings is 1. The zero-order chi connectivity index (χ0) is 26.6. The summed E-state index contributed by atoms with van der Waals surface area (Å²) < 4.78 is 11.3. The Labute approximate surface area is 216 Å². The number of aryl methyl sites for hydroxylation is 1. The van der Waals surface area contributed by atoms with Crippen LogP contribution in [0.5, 0.6) is 5.75 Å². The van der Waals surface area contributed by atoms with Crippen LogP contribution in [0.25, 0.3) is 11.1 Å². The zero-order valence-electron chi connectivity index (χ0n) is 21.7. The van der Waals surface area contributed by atoms with Crippen LogP contribution in [0.4, 0.5) is 10.5 Å². The normalized spacial score (nSPS) is 11.2. The number of hydrogen-bond donors (Lipinski definition) is 1. The molecule has 0 bridgehead atoms. The molecule has 0 unspecified atom stereocenters. The van der Waals surface area contributed by atoms with Crippen LogP contribution >= 0.6 is 11.8 Å². The van der Waals surface area contributed by atoms with Crippen molar-refractivity contribution in [3.05, 3.63) is 71.0 Å². The average molecular weight is 509 g/mol. The molecule has 36 heavy (non-hydrogen) atoms. The minimum absolute atomic E-state index is 0.148. The van der Waals surface area contributed by atoms with Crippen LogP contribution in [0.3, 0.4) is 0 Å². The first-order chi connectivity index (χ1) is 16.9. The number of nitrogens with zero attached hydrogens (tertiary/aromatic N) is 2. The lowest BCUT2D eigenvalue weighted by Gasteiger charge is -2.28. The highest BCUT2D eigenvalue weighted by Gasteiger charge is 2.26. The van der Waals surface area contributed by atoms with E-state index in [0.29, 0.717) is 22.5 Å². The van der Waals surface area contributed by atoms with Crippen LogP contribution < -0.4 is 9.64 Å². The highest BCUT2D eigenvalue weighted by molar-refractivity contribution is 7.98. The van der Waals surface area contributed by atoms with Gasteiger partial charge in [-0.15, -0.1) is 11.8 Å². The maximum absolute atomic E-state index is 13.5. The van der Waals surface area contributed by atoms with E-state index >= 15 is 0 Å². The largest absolute Gasteiger partial charge is 0.496 e. The number of benzene rings is 2. The number of hydrogen-bond acceptors (Lipinski definition) is 6. The van der Waals surface area contributed by atoms with Crippen molar-refractivity contribution in [1.82, 2.24) is 4.98 Å². The van der Waals surface area contributed by atoms with Crippen molar-refractivity contribution in [2.75, 3.05) is 18.3 Å². The first kappa shape index (κ1) is 27.1. The maximum Gasteiger partial charge on any atom is 0.415 e. The lowest BCUT2D eigenvalue weighted by molar-refractivity contribution is 0.0576. The summed E-state index contributed by atoms with van der Waals surface area (Å²) in [5.41, 5.74) is 3.72. The predicted octanol–water partition coefficient (Wildman–Crippen LogP) is 6.74. The second kappa shape index (κ2) is 11.0. The van der Waals surface area contributed by atoms with Gasteiger partial charge in [-0.1, -0.05) is 18.2 Å². The summed E-state index contributed by atoms with van der Waals surface area (Å²) in [4.78, 5) is 32.3. The molecule has 0 saturated heterocycles. The highest BCUT2D eigenvalue weighted by Crippen LogP contribution is 2.34. The van der Waals surface area contributed by atoms with Gasteiger partial charge in [-0.3, -0.25) is 9.88 Å². The number of anilines is 1. The van der Waals surface area contributed by atoms with E-state index in [-0.39, 0.29) is 12.1 Å². The average Bonchev–Trinajstić information content (AvgIpc) is 2.82. The third kappa shape index (κ3) is 6.18. The first-order valence-electron chi connectivity index (χ1n) is 11.5. The first-order valence-corrected chi connectivity index (χ1v) is 12.7. The van der Waals surface area contributed by atoms with Crippen LogP contribution in [0, 0.1) is 13.8 Å². The molecule has 1 N–H and O–H groups in total. The van der Waals surface area contributed by atoms with Gasteiger partial charge in [-0.2, -0.15) is 0 Å². The molecule has 0 spiro atoms. The van der Waals surface area contributed by atoms with E-state index in [9.17, 15) is 14.7 Å². The molecular weight excluding hydrogens is 476 g/mol. The summed E-state index contributed by atoms with van der Waals surface area (Å²) in [6.07, 6.45) is 3.13. The van der Waals surface area contributed by atoms with E-state index in [2.05, 4.69) is 4.98 Å². The van der Waals surface area contributed by atoms with Crippen LogP contribution in [0.15, 0.2) is 53.6 Å². The number of carboxylic acid groups (broad SMARTS) is 1. The van der Waals surface area contributed by atoms with Gasteiger partial charge >= 0.3 is 12.1 Å². The molecule has 0 aliphatic heterocycles. The standard InChI is InChI=1S/C28H32N2O5S/c1-17-15-29-24(18(2)25(17)34-6)16-30(27(33)35-28(3,4)5)20-12-19(13-21(14-20)36-7)22-10-8-9-11-23(22)26(31)32/h8-15H,16H2,1-7H3,(H,31,32). The molecular formula is C28H32N2O5S. The molecule has 0 aliphatic rings. The number of methoxy groups -OCH3 is 1. The molecule has 0 radical (unpaired) electrons. The number of carbonyl (C=O) groups excluding carboxylic acids is 1. The summed E-state index contributed by atoms with van der Waals surface area (Å²) in [6, 6.07) is 12.4. The van der Waals surface area contributed by atoms with Crippen molar-refractivity contribution < 1.29 is 24.2 Å². The number of ether oxygens (including phenoxy) is 2. The zero-order valence-corrected chi connectivity index (χ0v) is 22.5. The Balaban J connectivity index is 2.18. The fourth-order valence-corrected chi connectivity index (χ4v) is 4.38. The highest BCUT2D eigenvalue weighted by atomic mass is 32.2. The maximum atomic E-state index is 13.5. The van der Waals surface area contributed by atoms with Crippen molar-refractivity contribution in [3.63, 3.8) is 0 Å². The quantitative estimate of drug-likeness (QED) is 0.354. The lowest BCUT2D eigenvalue weighted by atomic mass is 9.99. The molecule has 0 aliphatic carbocycles. The molecule has 8 heteroatoms. The van der Waals surface area contributed by atoms with Gasteiger partial charge in [-0.25, -0.2) is 9.59 Å². The van der Waals surface area contributed by atoms with Gasteiger partial charge in [-0.05, 0) is 76.3 Å². The van der Waals surface area contributed by atoms with Crippen LogP contribution in [0.2, 0.25) is 0 Å². The van der Waals surface area contributed by atoms with Crippen molar-refractivity contribution in [3.8, 4) is 16.9 Å². The van der Waals surface area contributed by atoms with Crippen LogP contribution in [-0.4, -0.2) is 41.1 Å². The van der Waals surface area contributed by atoms with Crippen molar-refractivity contribution >= 4 is 29.5 Å². The topological polar surface area (TPSA) is 89.0 Å². The van der Waals surface area contributed by atoms with Gasteiger partial charge in [0, 0.05) is 27.9 Å². The van der Waals surface area contributed by atoms with E-state index in [1.807, 2.05) is 59.1 Å². The van der Waals surface area contributed by atoms with E-state index in [1.165, 1.54) is 16.7 Å². The Hall–Kier alpha value is -3.52. The van der Waals surface area contributed by atoms with E-state index < -0.39 is 17.7 Å². The van der Waals surface area contributed by atoms with E-state index in [1.54, 1.807) is 37.6 Å². The van der Waals surface area contributed by atoms with Crippen molar-refractivity contribution in [1.29, 1.82) is 0 Å². The minimum Gasteiger partial charge on any atom is -0.496 e. The molecule has 7 nitrogen and oxygen atoms in total. The molecule has 190 valence electrons. The van der Waals surface area contributed by atoms with E-state index in [0.717, 1.165) is 21.8 Å². The molecule has 2 aromatic carbocycles. The minimum atomic E-state index is -1.02. The van der Waals surface area contributed by atoms with Gasteiger partial charge in [0.25, 0.3) is 0 Å². The van der Waals surface area contributed by atoms with Gasteiger partial charge in [0.2, 0.25) is 0 Å². The Morgan fingerprint density at radius 2 is 1.81 bits per heavy atom. The van der Waals surface area contributed by atoms with Crippen molar-refractivity contribution in [2.24, 2.45) is 0 Å². The van der Waals surface area contributed by atoms with Crippen LogP contribution in [0.1, 0.15) is 48.0 Å². The Bertz CT molecular complexity index is 1280. The van der Waals surface area contributed by atoms with Crippen molar-refractivity contribution in [2.45, 2.75) is 51.7 Å². The van der Waals surface area contributed by atoms with Gasteiger partial charge in [0.15, 0.2) is 0 Å². The Morgan fingerprint density at radius 1 is 1.11 bits per heavy atom. The predicted molar refractivity (Wildman–Crippen MR) is 143 cm³/mol. The second-order valence-corrected chi connectivity index (χ2v) is 10.3. The summed E-state index contributed by atoms with van der Waals surface area (Å²) >= 11 is 1.50. The Morgan fingerprint density at radius 3 is 2.42 bits per heavy atom. The lowest BCUT2D eigenvalue weighted by Crippen LogP contribution is -2.37. The summed E-state index contributed by atoms with van der Waals surface area (Å²) in [5.74, 6) is -0.296. The molecule has 1 amide bonds. The number of amides is 1. The summed E-state index contributed by atoms with van der Waals surface area (Å²) in [6.45, 7) is 9.42. The van der Waals surface area contributed by atoms with E-state index in [4.69, 9.17) is 9.47 Å². The SMILES string of the molecule is COc1c(C)cnc(CN(C(=O)OC(C)(C)C)c2cc(SC)cc(-c3ccccc3C(=O)O)c2)c1C. The molecule has 3 aromatic rings. The molecule has 0 fully saturated rings. The number of carbonyl (C=O) groups is 2. The monoisotopic (exact) mass is 508 g/mol. The fraction of sp³-hybridized carbons (Fsp3) is 0.321. The van der Waals surface area contributed by atoms with Gasteiger partial charge < -0.3 is 14.6 Å². The molecule has 0 atom stereocenters. The Kier molecular flexibility index (Phi) is 8.30. The van der Waals surface area contributed by atoms with Gasteiger partial charge in [0.1, 0.15) is 11.4 Å². The third-order valence-corrected chi connectivity index (χ3v) is 6.29. The summed E-state index contributed by atoms with van der Waals surface area (Å²) in [5, 5.41) is 9.74. The number of carboxylic acids is 1.